The summed E-state index contributed by atoms with van der Waals surface area (Å²) in [5.74, 6) is 1.64. The molecule has 0 radical (unpaired) electrons. The Morgan fingerprint density at radius 2 is 1.95 bits per heavy atom. The van der Waals surface area contributed by atoms with Crippen molar-refractivity contribution in [1.29, 1.82) is 0 Å². The largest absolute Gasteiger partial charge is 0.314 e. The van der Waals surface area contributed by atoms with E-state index in [0.717, 1.165) is 23.4 Å². The molecule has 1 nitrogen and oxygen atoms in total. The van der Waals surface area contributed by atoms with Crippen LogP contribution in [0.25, 0.3) is 0 Å². The third-order valence-electron chi connectivity index (χ3n) is 4.53. The fourth-order valence-electron chi connectivity index (χ4n) is 3.12. The second-order valence-electron chi connectivity index (χ2n) is 6.74. The van der Waals surface area contributed by atoms with Crippen LogP contribution < -0.4 is 5.32 Å². The molecule has 0 aliphatic heterocycles. The van der Waals surface area contributed by atoms with Crippen LogP contribution in [0.5, 0.6) is 0 Å². The molecule has 19 heavy (non-hydrogen) atoms. The number of nitrogens with one attached hydrogen (secondary N) is 1. The van der Waals surface area contributed by atoms with Crippen LogP contribution >= 0.6 is 11.6 Å². The van der Waals surface area contributed by atoms with Crippen molar-refractivity contribution in [3.63, 3.8) is 0 Å². The molecule has 0 spiro atoms. The van der Waals surface area contributed by atoms with Gasteiger partial charge in [-0.3, -0.25) is 0 Å². The highest BCUT2D eigenvalue weighted by Crippen LogP contribution is 2.50. The van der Waals surface area contributed by atoms with Gasteiger partial charge in [-0.25, -0.2) is 0 Å². The molecule has 1 aromatic rings. The van der Waals surface area contributed by atoms with Crippen LogP contribution in [0.2, 0.25) is 5.02 Å². The number of hydrogen-bond acceptors (Lipinski definition) is 1. The Bertz CT molecular complexity index is 414. The molecule has 1 saturated carbocycles. The van der Waals surface area contributed by atoms with E-state index in [4.69, 9.17) is 11.6 Å². The lowest BCUT2D eigenvalue weighted by molar-refractivity contribution is 0.0958. The summed E-state index contributed by atoms with van der Waals surface area (Å²) in [6.45, 7) is 10.2. The number of rotatable bonds is 5. The van der Waals surface area contributed by atoms with Gasteiger partial charge in [0.1, 0.15) is 0 Å². The van der Waals surface area contributed by atoms with Crippen LogP contribution in [0.4, 0.5) is 0 Å². The summed E-state index contributed by atoms with van der Waals surface area (Å²) in [6, 6.07) is 8.98. The van der Waals surface area contributed by atoms with E-state index in [9.17, 15) is 0 Å². The van der Waals surface area contributed by atoms with E-state index < -0.39 is 0 Å². The van der Waals surface area contributed by atoms with E-state index in [-0.39, 0.29) is 0 Å². The average Bonchev–Trinajstić information content (AvgIpc) is 2.26. The maximum absolute atomic E-state index is 6.17. The van der Waals surface area contributed by atoms with E-state index in [2.05, 4.69) is 51.2 Å². The van der Waals surface area contributed by atoms with Crippen molar-refractivity contribution in [2.24, 2.45) is 11.8 Å². The van der Waals surface area contributed by atoms with Gasteiger partial charge < -0.3 is 5.32 Å². The topological polar surface area (TPSA) is 12.0 Å². The van der Waals surface area contributed by atoms with Crippen molar-refractivity contribution in [1.82, 2.24) is 5.32 Å². The first-order chi connectivity index (χ1) is 8.93. The first-order valence-electron chi connectivity index (χ1n) is 7.42. The summed E-state index contributed by atoms with van der Waals surface area (Å²) in [5.41, 5.74) is 1.70. The standard InChI is InChI=1S/C17H26ClN/c1-12(2)14-9-17(10-14,11-19-13(3)4)15-6-5-7-16(18)8-15/h5-8,12-14,19H,9-11H2,1-4H3. The van der Waals surface area contributed by atoms with Gasteiger partial charge in [-0.2, -0.15) is 0 Å². The van der Waals surface area contributed by atoms with Gasteiger partial charge in [0.05, 0.1) is 0 Å². The molecule has 0 saturated heterocycles. The van der Waals surface area contributed by atoms with Gasteiger partial charge in [0.25, 0.3) is 0 Å². The van der Waals surface area contributed by atoms with Crippen LogP contribution in [0.15, 0.2) is 24.3 Å². The molecule has 2 rings (SSSR count). The van der Waals surface area contributed by atoms with Crippen molar-refractivity contribution in [3.05, 3.63) is 34.9 Å². The molecule has 0 bridgehead atoms. The summed E-state index contributed by atoms with van der Waals surface area (Å²) < 4.78 is 0. The summed E-state index contributed by atoms with van der Waals surface area (Å²) in [5, 5.41) is 4.48. The normalized spacial score (nSPS) is 26.8. The van der Waals surface area contributed by atoms with E-state index in [1.165, 1.54) is 18.4 Å². The molecule has 106 valence electrons. The van der Waals surface area contributed by atoms with Gasteiger partial charge in [0, 0.05) is 23.0 Å². The molecule has 2 heteroatoms. The van der Waals surface area contributed by atoms with Gasteiger partial charge in [0.15, 0.2) is 0 Å². The molecule has 1 N–H and O–H groups in total. The molecule has 0 unspecified atom stereocenters. The third-order valence-corrected chi connectivity index (χ3v) is 4.77. The molecule has 1 fully saturated rings. The average molecular weight is 280 g/mol. The lowest BCUT2D eigenvalue weighted by Crippen LogP contribution is -2.51. The fraction of sp³-hybridized carbons (Fsp3) is 0.647. The lowest BCUT2D eigenvalue weighted by atomic mass is 9.56. The Kier molecular flexibility index (Phi) is 4.58. The minimum absolute atomic E-state index is 0.296. The molecule has 0 atom stereocenters. The highest BCUT2D eigenvalue weighted by atomic mass is 35.5. The number of benzene rings is 1. The van der Waals surface area contributed by atoms with Gasteiger partial charge in [-0.1, -0.05) is 51.4 Å². The lowest BCUT2D eigenvalue weighted by Gasteiger charge is -2.50. The molecular formula is C17H26ClN. The van der Waals surface area contributed by atoms with E-state index in [1.807, 2.05) is 6.07 Å². The van der Waals surface area contributed by atoms with Crippen LogP contribution in [-0.2, 0) is 5.41 Å². The molecule has 1 aromatic carbocycles. The minimum atomic E-state index is 0.296. The van der Waals surface area contributed by atoms with Crippen LogP contribution in [0, 0.1) is 11.8 Å². The van der Waals surface area contributed by atoms with Crippen LogP contribution in [0.3, 0.4) is 0 Å². The Balaban J connectivity index is 2.16. The van der Waals surface area contributed by atoms with Crippen molar-refractivity contribution in [3.8, 4) is 0 Å². The first-order valence-corrected chi connectivity index (χ1v) is 7.80. The molecule has 0 heterocycles. The molecule has 1 aliphatic carbocycles. The molecular weight excluding hydrogens is 254 g/mol. The monoisotopic (exact) mass is 279 g/mol. The maximum Gasteiger partial charge on any atom is 0.0408 e. The maximum atomic E-state index is 6.17. The summed E-state index contributed by atoms with van der Waals surface area (Å²) in [4.78, 5) is 0. The van der Waals surface area contributed by atoms with Gasteiger partial charge >= 0.3 is 0 Å². The number of hydrogen-bond donors (Lipinski definition) is 1. The van der Waals surface area contributed by atoms with Gasteiger partial charge in [0.2, 0.25) is 0 Å². The van der Waals surface area contributed by atoms with Crippen molar-refractivity contribution in [2.75, 3.05) is 6.54 Å². The van der Waals surface area contributed by atoms with E-state index >= 15 is 0 Å². The molecule has 1 aliphatic rings. The summed E-state index contributed by atoms with van der Waals surface area (Å²) >= 11 is 6.17. The Hall–Kier alpha value is -0.530. The fourth-order valence-corrected chi connectivity index (χ4v) is 3.31. The van der Waals surface area contributed by atoms with Crippen molar-refractivity contribution >= 4 is 11.6 Å². The van der Waals surface area contributed by atoms with Crippen LogP contribution in [0.1, 0.15) is 46.1 Å². The first kappa shape index (κ1) is 14.9. The smallest absolute Gasteiger partial charge is 0.0408 e. The second-order valence-corrected chi connectivity index (χ2v) is 7.18. The highest BCUT2D eigenvalue weighted by Gasteiger charge is 2.46. The zero-order valence-corrected chi connectivity index (χ0v) is 13.3. The Morgan fingerprint density at radius 1 is 1.26 bits per heavy atom. The third kappa shape index (κ3) is 3.32. The van der Waals surface area contributed by atoms with Crippen LogP contribution in [-0.4, -0.2) is 12.6 Å². The van der Waals surface area contributed by atoms with E-state index in [1.54, 1.807) is 0 Å². The highest BCUT2D eigenvalue weighted by molar-refractivity contribution is 6.30. The SMILES string of the molecule is CC(C)NCC1(c2cccc(Cl)c2)CC(C(C)C)C1. The minimum Gasteiger partial charge on any atom is -0.314 e. The predicted octanol–water partition coefficient (Wildman–Crippen LogP) is 4.64. The zero-order valence-electron chi connectivity index (χ0n) is 12.5. The predicted molar refractivity (Wildman–Crippen MR) is 83.8 cm³/mol. The van der Waals surface area contributed by atoms with Crippen molar-refractivity contribution < 1.29 is 0 Å². The second kappa shape index (κ2) is 5.85. The van der Waals surface area contributed by atoms with Crippen molar-refractivity contribution in [2.45, 2.75) is 52.0 Å². The van der Waals surface area contributed by atoms with Gasteiger partial charge in [-0.05, 0) is 42.4 Å². The molecule has 0 aromatic heterocycles. The Labute approximate surface area is 122 Å². The zero-order chi connectivity index (χ0) is 14.0. The quantitative estimate of drug-likeness (QED) is 0.828. The number of halogens is 1. The molecule has 0 amide bonds. The van der Waals surface area contributed by atoms with E-state index in [0.29, 0.717) is 11.5 Å². The summed E-state index contributed by atoms with van der Waals surface area (Å²) in [7, 11) is 0. The summed E-state index contributed by atoms with van der Waals surface area (Å²) in [6.07, 6.45) is 2.56. The Morgan fingerprint density at radius 3 is 2.47 bits per heavy atom. The van der Waals surface area contributed by atoms with Gasteiger partial charge in [-0.15, -0.1) is 0 Å².